The Bertz CT molecular complexity index is 510. The van der Waals surface area contributed by atoms with Crippen molar-refractivity contribution < 1.29 is 9.59 Å². The maximum Gasteiger partial charge on any atom is 0.223 e. The number of aromatic nitrogens is 2. The summed E-state index contributed by atoms with van der Waals surface area (Å²) in [5, 5.41) is 0. The van der Waals surface area contributed by atoms with E-state index < -0.39 is 5.91 Å². The average Bonchev–Trinajstić information content (AvgIpc) is 2.94. The van der Waals surface area contributed by atoms with Crippen molar-refractivity contribution in [3.8, 4) is 0 Å². The zero-order valence-corrected chi connectivity index (χ0v) is 12.8. The zero-order chi connectivity index (χ0) is 15.4. The third-order valence-corrected chi connectivity index (χ3v) is 3.98. The normalized spacial score (nSPS) is 19.0. The molecule has 1 fully saturated rings. The standard InChI is InChI=1S/C15H24N4O2/c1-11(2)19-9-7-17-15(19)12-4-3-8-18(10-12)14(21)6-5-13(16)20/h7,9,11-12H,3-6,8,10H2,1-2H3,(H2,16,20)/t12-/m0/s1. The molecule has 0 radical (unpaired) electrons. The molecule has 2 rings (SSSR count). The minimum atomic E-state index is -0.424. The second kappa shape index (κ2) is 6.74. The number of primary amides is 1. The molecule has 0 bridgehead atoms. The molecule has 1 aliphatic heterocycles. The van der Waals surface area contributed by atoms with Crippen LogP contribution >= 0.6 is 0 Å². The van der Waals surface area contributed by atoms with Gasteiger partial charge in [-0.2, -0.15) is 0 Å². The van der Waals surface area contributed by atoms with Gasteiger partial charge in [-0.3, -0.25) is 9.59 Å². The predicted molar refractivity (Wildman–Crippen MR) is 79.6 cm³/mol. The molecule has 1 aliphatic rings. The van der Waals surface area contributed by atoms with Gasteiger partial charge in [0.1, 0.15) is 5.82 Å². The molecule has 0 aliphatic carbocycles. The fourth-order valence-corrected chi connectivity index (χ4v) is 2.88. The number of hydrogen-bond acceptors (Lipinski definition) is 3. The monoisotopic (exact) mass is 292 g/mol. The smallest absolute Gasteiger partial charge is 0.223 e. The number of hydrogen-bond donors (Lipinski definition) is 1. The van der Waals surface area contributed by atoms with Crippen molar-refractivity contribution in [3.63, 3.8) is 0 Å². The Kier molecular flexibility index (Phi) is 4.98. The zero-order valence-electron chi connectivity index (χ0n) is 12.8. The van der Waals surface area contributed by atoms with Crippen molar-refractivity contribution >= 4 is 11.8 Å². The van der Waals surface area contributed by atoms with Crippen LogP contribution in [0.5, 0.6) is 0 Å². The van der Waals surface area contributed by atoms with E-state index in [0.29, 0.717) is 12.6 Å². The van der Waals surface area contributed by atoms with Crippen LogP contribution in [0.2, 0.25) is 0 Å². The fraction of sp³-hybridized carbons (Fsp3) is 0.667. The fourth-order valence-electron chi connectivity index (χ4n) is 2.88. The summed E-state index contributed by atoms with van der Waals surface area (Å²) in [5.41, 5.74) is 5.10. The molecule has 1 aromatic heterocycles. The van der Waals surface area contributed by atoms with E-state index in [1.54, 1.807) is 0 Å². The van der Waals surface area contributed by atoms with Crippen molar-refractivity contribution in [2.75, 3.05) is 13.1 Å². The molecule has 6 nitrogen and oxygen atoms in total. The number of carbonyl (C=O) groups is 2. The molecule has 1 atom stereocenters. The molecule has 0 saturated carbocycles. The molecule has 0 aromatic carbocycles. The number of carbonyl (C=O) groups excluding carboxylic acids is 2. The van der Waals surface area contributed by atoms with Gasteiger partial charge in [0, 0.05) is 50.3 Å². The quantitative estimate of drug-likeness (QED) is 0.891. The molecule has 116 valence electrons. The topological polar surface area (TPSA) is 81.2 Å². The predicted octanol–water partition coefficient (Wildman–Crippen LogP) is 1.44. The number of nitrogens with two attached hydrogens (primary N) is 1. The van der Waals surface area contributed by atoms with Gasteiger partial charge in [0.15, 0.2) is 0 Å². The van der Waals surface area contributed by atoms with Gasteiger partial charge < -0.3 is 15.2 Å². The molecule has 1 saturated heterocycles. The van der Waals surface area contributed by atoms with E-state index in [4.69, 9.17) is 5.73 Å². The number of likely N-dealkylation sites (tertiary alicyclic amines) is 1. The second-order valence-corrected chi connectivity index (χ2v) is 5.93. The third kappa shape index (κ3) is 3.83. The molecular formula is C15H24N4O2. The van der Waals surface area contributed by atoms with Crippen LogP contribution in [-0.4, -0.2) is 39.4 Å². The van der Waals surface area contributed by atoms with E-state index >= 15 is 0 Å². The lowest BCUT2D eigenvalue weighted by molar-refractivity contribution is -0.134. The summed E-state index contributed by atoms with van der Waals surface area (Å²) in [7, 11) is 0. The van der Waals surface area contributed by atoms with E-state index in [9.17, 15) is 9.59 Å². The highest BCUT2D eigenvalue weighted by molar-refractivity contribution is 5.82. The van der Waals surface area contributed by atoms with Gasteiger partial charge in [0.05, 0.1) is 0 Å². The van der Waals surface area contributed by atoms with Crippen LogP contribution in [-0.2, 0) is 9.59 Å². The van der Waals surface area contributed by atoms with Crippen molar-refractivity contribution in [2.45, 2.75) is 51.5 Å². The van der Waals surface area contributed by atoms with Crippen LogP contribution in [0.15, 0.2) is 12.4 Å². The molecule has 1 aromatic rings. The Morgan fingerprint density at radius 1 is 1.43 bits per heavy atom. The number of nitrogens with zero attached hydrogens (tertiary/aromatic N) is 3. The molecule has 21 heavy (non-hydrogen) atoms. The Labute approximate surface area is 125 Å². The minimum Gasteiger partial charge on any atom is -0.370 e. The van der Waals surface area contributed by atoms with Crippen molar-refractivity contribution in [2.24, 2.45) is 5.73 Å². The lowest BCUT2D eigenvalue weighted by Crippen LogP contribution is -2.40. The van der Waals surface area contributed by atoms with Gasteiger partial charge in [-0.15, -0.1) is 0 Å². The van der Waals surface area contributed by atoms with E-state index in [-0.39, 0.29) is 24.7 Å². The Morgan fingerprint density at radius 2 is 2.19 bits per heavy atom. The van der Waals surface area contributed by atoms with Crippen molar-refractivity contribution in [1.82, 2.24) is 14.5 Å². The lowest BCUT2D eigenvalue weighted by atomic mass is 9.96. The van der Waals surface area contributed by atoms with Crippen LogP contribution in [0.1, 0.15) is 57.3 Å². The van der Waals surface area contributed by atoms with Crippen LogP contribution in [0.25, 0.3) is 0 Å². The summed E-state index contributed by atoms with van der Waals surface area (Å²) in [6, 6.07) is 0.364. The lowest BCUT2D eigenvalue weighted by Gasteiger charge is -2.33. The SMILES string of the molecule is CC(C)n1ccnc1[C@H]1CCCN(C(=O)CCC(N)=O)C1. The first-order valence-electron chi connectivity index (χ1n) is 7.58. The highest BCUT2D eigenvalue weighted by atomic mass is 16.2. The van der Waals surface area contributed by atoms with E-state index in [1.165, 1.54) is 0 Å². The molecule has 0 spiro atoms. The molecule has 6 heteroatoms. The van der Waals surface area contributed by atoms with E-state index in [0.717, 1.165) is 25.2 Å². The molecule has 2 heterocycles. The maximum atomic E-state index is 12.1. The highest BCUT2D eigenvalue weighted by Crippen LogP contribution is 2.27. The second-order valence-electron chi connectivity index (χ2n) is 5.93. The first kappa shape index (κ1) is 15.5. The summed E-state index contributed by atoms with van der Waals surface area (Å²) in [5.74, 6) is 0.916. The highest BCUT2D eigenvalue weighted by Gasteiger charge is 2.27. The first-order chi connectivity index (χ1) is 9.99. The van der Waals surface area contributed by atoms with Crippen LogP contribution in [0.4, 0.5) is 0 Å². The van der Waals surface area contributed by atoms with Gasteiger partial charge in [0.25, 0.3) is 0 Å². The molecule has 2 N–H and O–H groups in total. The van der Waals surface area contributed by atoms with Crippen molar-refractivity contribution in [1.29, 1.82) is 0 Å². The van der Waals surface area contributed by atoms with Gasteiger partial charge >= 0.3 is 0 Å². The number of piperidine rings is 1. The maximum absolute atomic E-state index is 12.1. The van der Waals surface area contributed by atoms with Crippen molar-refractivity contribution in [3.05, 3.63) is 18.2 Å². The van der Waals surface area contributed by atoms with Gasteiger partial charge in [-0.25, -0.2) is 4.98 Å². The Morgan fingerprint density at radius 3 is 2.86 bits per heavy atom. The Hall–Kier alpha value is -1.85. The van der Waals surface area contributed by atoms with Crippen LogP contribution in [0.3, 0.4) is 0 Å². The molecular weight excluding hydrogens is 268 g/mol. The van der Waals surface area contributed by atoms with Gasteiger partial charge in [-0.1, -0.05) is 0 Å². The van der Waals surface area contributed by atoms with Gasteiger partial charge in [-0.05, 0) is 26.7 Å². The van der Waals surface area contributed by atoms with Crippen LogP contribution < -0.4 is 5.73 Å². The largest absolute Gasteiger partial charge is 0.370 e. The first-order valence-corrected chi connectivity index (χ1v) is 7.58. The molecule has 0 unspecified atom stereocenters. The summed E-state index contributed by atoms with van der Waals surface area (Å²) in [4.78, 5) is 29.2. The summed E-state index contributed by atoms with van der Waals surface area (Å²) in [6.45, 7) is 5.70. The minimum absolute atomic E-state index is 0.0150. The average molecular weight is 292 g/mol. The third-order valence-electron chi connectivity index (χ3n) is 3.98. The number of imidazole rings is 1. The number of rotatable bonds is 5. The summed E-state index contributed by atoms with van der Waals surface area (Å²) < 4.78 is 2.17. The number of amides is 2. The summed E-state index contributed by atoms with van der Waals surface area (Å²) in [6.07, 6.45) is 6.17. The van der Waals surface area contributed by atoms with E-state index in [2.05, 4.69) is 23.4 Å². The van der Waals surface area contributed by atoms with Gasteiger partial charge in [0.2, 0.25) is 11.8 Å². The Balaban J connectivity index is 2.02. The van der Waals surface area contributed by atoms with Crippen LogP contribution in [0, 0.1) is 0 Å². The summed E-state index contributed by atoms with van der Waals surface area (Å²) >= 11 is 0. The molecule has 2 amide bonds. The van der Waals surface area contributed by atoms with E-state index in [1.807, 2.05) is 17.3 Å².